The Morgan fingerprint density at radius 1 is 1.17 bits per heavy atom. The molecule has 0 spiro atoms. The number of halogens is 1. The van der Waals surface area contributed by atoms with Gasteiger partial charge in [0, 0.05) is 4.47 Å². The largest absolute Gasteiger partial charge is 0.465 e. The minimum Gasteiger partial charge on any atom is -0.465 e. The highest BCUT2D eigenvalue weighted by Crippen LogP contribution is 2.12. The molecule has 6 nitrogen and oxygen atoms in total. The van der Waals surface area contributed by atoms with Crippen LogP contribution in [-0.4, -0.2) is 22.6 Å². The Labute approximate surface area is 144 Å². The van der Waals surface area contributed by atoms with E-state index in [9.17, 15) is 14.4 Å². The second-order valence-electron chi connectivity index (χ2n) is 5.20. The van der Waals surface area contributed by atoms with Crippen LogP contribution in [0.5, 0.6) is 0 Å². The van der Waals surface area contributed by atoms with Crippen molar-refractivity contribution in [1.82, 2.24) is 9.55 Å². The first-order chi connectivity index (χ1) is 11.5. The number of methoxy groups -OCH3 is 1. The van der Waals surface area contributed by atoms with E-state index in [1.807, 2.05) is 24.3 Å². The lowest BCUT2D eigenvalue weighted by atomic mass is 10.1. The number of esters is 1. The molecule has 0 saturated heterocycles. The van der Waals surface area contributed by atoms with Crippen LogP contribution in [0.4, 0.5) is 0 Å². The molecular formula is C17H13BrN2O4. The van der Waals surface area contributed by atoms with Crippen molar-refractivity contribution in [2.45, 2.75) is 6.54 Å². The van der Waals surface area contributed by atoms with Gasteiger partial charge >= 0.3 is 11.7 Å². The van der Waals surface area contributed by atoms with E-state index in [-0.39, 0.29) is 17.5 Å². The third-order valence-corrected chi connectivity index (χ3v) is 4.19. The molecule has 122 valence electrons. The van der Waals surface area contributed by atoms with Crippen LogP contribution in [0, 0.1) is 0 Å². The summed E-state index contributed by atoms with van der Waals surface area (Å²) in [5.74, 6) is -0.540. The summed E-state index contributed by atoms with van der Waals surface area (Å²) in [5.41, 5.74) is 0.493. The number of ether oxygens (including phenoxy) is 1. The highest BCUT2D eigenvalue weighted by Gasteiger charge is 2.12. The number of benzene rings is 2. The predicted octanol–water partition coefficient (Wildman–Crippen LogP) is 2.29. The van der Waals surface area contributed by atoms with Gasteiger partial charge in [-0.2, -0.15) is 0 Å². The number of nitrogens with one attached hydrogen (secondary N) is 1. The van der Waals surface area contributed by atoms with E-state index in [0.29, 0.717) is 5.52 Å². The molecule has 0 atom stereocenters. The molecule has 1 heterocycles. The van der Waals surface area contributed by atoms with E-state index in [0.717, 1.165) is 14.6 Å². The zero-order chi connectivity index (χ0) is 17.3. The van der Waals surface area contributed by atoms with Gasteiger partial charge in [0.1, 0.15) is 0 Å². The van der Waals surface area contributed by atoms with Crippen molar-refractivity contribution in [1.29, 1.82) is 0 Å². The number of nitrogens with zero attached hydrogens (tertiary/aromatic N) is 1. The summed E-state index contributed by atoms with van der Waals surface area (Å²) in [6.45, 7) is 0.139. The molecule has 1 aromatic heterocycles. The summed E-state index contributed by atoms with van der Waals surface area (Å²) in [6.07, 6.45) is 0. The smallest absolute Gasteiger partial charge is 0.337 e. The summed E-state index contributed by atoms with van der Waals surface area (Å²) in [5, 5.41) is 0.259. The van der Waals surface area contributed by atoms with Crippen LogP contribution >= 0.6 is 15.9 Å². The number of carbonyl (C=O) groups is 1. The number of hydrogen-bond acceptors (Lipinski definition) is 4. The lowest BCUT2D eigenvalue weighted by Crippen LogP contribution is -2.35. The Balaban J connectivity index is 2.14. The number of rotatable bonds is 3. The maximum atomic E-state index is 12.7. The predicted molar refractivity (Wildman–Crippen MR) is 93.4 cm³/mol. The molecular weight excluding hydrogens is 376 g/mol. The van der Waals surface area contributed by atoms with Crippen LogP contribution in [-0.2, 0) is 11.3 Å². The van der Waals surface area contributed by atoms with E-state index in [1.165, 1.54) is 25.3 Å². The van der Waals surface area contributed by atoms with Gasteiger partial charge in [0.05, 0.1) is 30.1 Å². The van der Waals surface area contributed by atoms with Crippen molar-refractivity contribution in [2.24, 2.45) is 0 Å². The zero-order valence-electron chi connectivity index (χ0n) is 12.7. The molecule has 0 unspecified atom stereocenters. The highest BCUT2D eigenvalue weighted by molar-refractivity contribution is 9.10. The maximum Gasteiger partial charge on any atom is 0.337 e. The number of H-pyrrole nitrogens is 1. The lowest BCUT2D eigenvalue weighted by Gasteiger charge is -2.08. The van der Waals surface area contributed by atoms with Gasteiger partial charge in [0.15, 0.2) is 0 Å². The van der Waals surface area contributed by atoms with Crippen LogP contribution in [0.1, 0.15) is 15.9 Å². The van der Waals surface area contributed by atoms with Gasteiger partial charge < -0.3 is 9.72 Å². The fourth-order valence-electron chi connectivity index (χ4n) is 2.41. The third-order valence-electron chi connectivity index (χ3n) is 3.66. The average Bonchev–Trinajstić information content (AvgIpc) is 2.59. The Bertz CT molecular complexity index is 1040. The molecule has 24 heavy (non-hydrogen) atoms. The average molecular weight is 389 g/mol. The van der Waals surface area contributed by atoms with Crippen molar-refractivity contribution in [2.75, 3.05) is 7.11 Å². The van der Waals surface area contributed by atoms with Gasteiger partial charge in [-0.05, 0) is 35.9 Å². The Kier molecular flexibility index (Phi) is 4.35. The van der Waals surface area contributed by atoms with Gasteiger partial charge in [-0.25, -0.2) is 9.59 Å². The van der Waals surface area contributed by atoms with Crippen LogP contribution in [0.15, 0.2) is 56.5 Å². The molecule has 0 fully saturated rings. The minimum absolute atomic E-state index is 0.139. The molecule has 0 aliphatic heterocycles. The second-order valence-corrected chi connectivity index (χ2v) is 6.12. The molecule has 1 N–H and O–H groups in total. The molecule has 0 saturated carbocycles. The van der Waals surface area contributed by atoms with E-state index >= 15 is 0 Å². The minimum atomic E-state index is -0.540. The van der Waals surface area contributed by atoms with Crippen LogP contribution in [0.3, 0.4) is 0 Å². The number of aromatic nitrogens is 2. The monoisotopic (exact) mass is 388 g/mol. The summed E-state index contributed by atoms with van der Waals surface area (Å²) < 4.78 is 6.68. The molecule has 3 aromatic rings. The fraction of sp³-hybridized carbons (Fsp3) is 0.118. The number of hydrogen-bond donors (Lipinski definition) is 1. The molecule has 7 heteroatoms. The van der Waals surface area contributed by atoms with Gasteiger partial charge in [0.25, 0.3) is 5.56 Å². The molecule has 0 radical (unpaired) electrons. The van der Waals surface area contributed by atoms with Crippen molar-refractivity contribution >= 4 is 32.8 Å². The molecule has 2 aromatic carbocycles. The Hall–Kier alpha value is -2.67. The van der Waals surface area contributed by atoms with Gasteiger partial charge in [-0.15, -0.1) is 0 Å². The zero-order valence-corrected chi connectivity index (χ0v) is 14.3. The quantitative estimate of drug-likeness (QED) is 0.697. The van der Waals surface area contributed by atoms with Crippen LogP contribution < -0.4 is 11.2 Å². The van der Waals surface area contributed by atoms with Crippen molar-refractivity contribution < 1.29 is 9.53 Å². The Morgan fingerprint density at radius 2 is 1.88 bits per heavy atom. The van der Waals surface area contributed by atoms with Crippen molar-refractivity contribution in [3.05, 3.63) is 78.9 Å². The van der Waals surface area contributed by atoms with Crippen molar-refractivity contribution in [3.63, 3.8) is 0 Å². The van der Waals surface area contributed by atoms with Gasteiger partial charge in [0.2, 0.25) is 0 Å². The summed E-state index contributed by atoms with van der Waals surface area (Å²) >= 11 is 3.34. The standard InChI is InChI=1S/C17H13BrN2O4/c1-24-16(22)11-4-7-14-13(8-11)15(21)20(17(23)19-14)9-10-2-5-12(18)6-3-10/h2-8H,9H2,1H3,(H,19,23). The van der Waals surface area contributed by atoms with Gasteiger partial charge in [-0.3, -0.25) is 9.36 Å². The van der Waals surface area contributed by atoms with Crippen LogP contribution in [0.2, 0.25) is 0 Å². The van der Waals surface area contributed by atoms with E-state index in [1.54, 1.807) is 0 Å². The number of fused-ring (bicyclic) bond motifs is 1. The molecule has 0 aliphatic carbocycles. The van der Waals surface area contributed by atoms with E-state index in [4.69, 9.17) is 0 Å². The fourth-order valence-corrected chi connectivity index (χ4v) is 2.68. The highest BCUT2D eigenvalue weighted by atomic mass is 79.9. The Morgan fingerprint density at radius 3 is 2.54 bits per heavy atom. The van der Waals surface area contributed by atoms with E-state index in [2.05, 4.69) is 25.7 Å². The molecule has 0 amide bonds. The van der Waals surface area contributed by atoms with Crippen LogP contribution in [0.25, 0.3) is 10.9 Å². The summed E-state index contributed by atoms with van der Waals surface area (Å²) in [6, 6.07) is 11.8. The first kappa shape index (κ1) is 16.2. The molecule has 0 bridgehead atoms. The SMILES string of the molecule is COC(=O)c1ccc2[nH]c(=O)n(Cc3ccc(Br)cc3)c(=O)c2c1. The van der Waals surface area contributed by atoms with E-state index < -0.39 is 17.2 Å². The number of aromatic amines is 1. The first-order valence-corrected chi connectivity index (χ1v) is 7.88. The number of carbonyl (C=O) groups excluding carboxylic acids is 1. The lowest BCUT2D eigenvalue weighted by molar-refractivity contribution is 0.0601. The third kappa shape index (κ3) is 3.03. The van der Waals surface area contributed by atoms with Crippen molar-refractivity contribution in [3.8, 4) is 0 Å². The first-order valence-electron chi connectivity index (χ1n) is 7.09. The summed E-state index contributed by atoms with van der Waals surface area (Å²) in [4.78, 5) is 39.2. The van der Waals surface area contributed by atoms with Gasteiger partial charge in [-0.1, -0.05) is 28.1 Å². The summed E-state index contributed by atoms with van der Waals surface area (Å²) in [7, 11) is 1.27. The normalized spacial score (nSPS) is 10.8. The topological polar surface area (TPSA) is 81.2 Å². The molecule has 0 aliphatic rings. The molecule has 3 rings (SSSR count). The second kappa shape index (κ2) is 6.45. The maximum absolute atomic E-state index is 12.7.